The lowest BCUT2D eigenvalue weighted by atomic mass is 9.80. The molecule has 1 unspecified atom stereocenters. The summed E-state index contributed by atoms with van der Waals surface area (Å²) in [5, 5.41) is 12.1. The number of aliphatic hydroxyl groups is 1. The Morgan fingerprint density at radius 1 is 1.23 bits per heavy atom. The number of furan rings is 1. The monoisotopic (exact) mass is 356 g/mol. The number of aliphatic hydroxyl groups excluding tert-OH is 1. The maximum atomic E-state index is 11.8. The lowest BCUT2D eigenvalue weighted by molar-refractivity contribution is -0.125. The summed E-state index contributed by atoms with van der Waals surface area (Å²) < 4.78 is 11.9. The standard InChI is InChI=1S/C20H24N2O4/c23-14-19(24)21-17-12-20(26-18-6-2-1-5-16(17)18)7-9-22(10-8-20)13-15-4-3-11-25-15/h1-6,11,17,23H,7-10,12-14H2,(H,21,24). The number of hydrogen-bond donors (Lipinski definition) is 2. The number of nitrogens with zero attached hydrogens (tertiary/aromatic N) is 1. The molecule has 0 saturated carbocycles. The van der Waals surface area contributed by atoms with Gasteiger partial charge < -0.3 is 19.6 Å². The van der Waals surface area contributed by atoms with Crippen molar-refractivity contribution >= 4 is 5.91 Å². The van der Waals surface area contributed by atoms with Crippen LogP contribution in [-0.2, 0) is 11.3 Å². The molecule has 2 N–H and O–H groups in total. The lowest BCUT2D eigenvalue weighted by Gasteiger charge is -2.46. The van der Waals surface area contributed by atoms with Crippen molar-refractivity contribution in [2.45, 2.75) is 37.5 Å². The highest BCUT2D eigenvalue weighted by Gasteiger charge is 2.43. The Kier molecular flexibility index (Phi) is 4.70. The molecule has 1 fully saturated rings. The number of nitrogens with one attached hydrogen (secondary N) is 1. The van der Waals surface area contributed by atoms with Crippen LogP contribution in [0.4, 0.5) is 0 Å². The fourth-order valence-electron chi connectivity index (χ4n) is 4.03. The zero-order valence-electron chi connectivity index (χ0n) is 14.7. The number of amides is 1. The fourth-order valence-corrected chi connectivity index (χ4v) is 4.03. The van der Waals surface area contributed by atoms with E-state index in [1.165, 1.54) is 0 Å². The molecule has 3 heterocycles. The molecule has 2 aliphatic rings. The van der Waals surface area contributed by atoms with E-state index in [0.29, 0.717) is 0 Å². The van der Waals surface area contributed by atoms with Crippen LogP contribution in [0.3, 0.4) is 0 Å². The Balaban J connectivity index is 1.48. The van der Waals surface area contributed by atoms with Gasteiger partial charge in [0.25, 0.3) is 0 Å². The Morgan fingerprint density at radius 3 is 2.77 bits per heavy atom. The summed E-state index contributed by atoms with van der Waals surface area (Å²) in [4.78, 5) is 14.1. The molecule has 26 heavy (non-hydrogen) atoms. The summed E-state index contributed by atoms with van der Waals surface area (Å²) in [6.45, 7) is 2.15. The summed E-state index contributed by atoms with van der Waals surface area (Å²) in [7, 11) is 0. The molecule has 1 amide bonds. The van der Waals surface area contributed by atoms with Crippen LogP contribution in [0, 0.1) is 0 Å². The molecule has 1 saturated heterocycles. The van der Waals surface area contributed by atoms with E-state index in [1.54, 1.807) is 6.26 Å². The molecular formula is C20H24N2O4. The molecule has 6 heteroatoms. The highest BCUT2D eigenvalue weighted by Crippen LogP contribution is 2.44. The topological polar surface area (TPSA) is 74.9 Å². The molecule has 4 rings (SSSR count). The number of benzene rings is 1. The van der Waals surface area contributed by atoms with Gasteiger partial charge in [0, 0.05) is 25.1 Å². The fraction of sp³-hybridized carbons (Fsp3) is 0.450. The van der Waals surface area contributed by atoms with Gasteiger partial charge in [-0.15, -0.1) is 0 Å². The largest absolute Gasteiger partial charge is 0.487 e. The summed E-state index contributed by atoms with van der Waals surface area (Å²) in [5.74, 6) is 1.46. The van der Waals surface area contributed by atoms with Crippen molar-refractivity contribution in [2.75, 3.05) is 19.7 Å². The third-order valence-electron chi connectivity index (χ3n) is 5.40. The smallest absolute Gasteiger partial charge is 0.246 e. The summed E-state index contributed by atoms with van der Waals surface area (Å²) in [6, 6.07) is 11.6. The van der Waals surface area contributed by atoms with Crippen molar-refractivity contribution in [1.82, 2.24) is 10.2 Å². The van der Waals surface area contributed by atoms with Crippen LogP contribution < -0.4 is 10.1 Å². The molecule has 0 radical (unpaired) electrons. The van der Waals surface area contributed by atoms with Gasteiger partial charge in [-0.05, 0) is 31.0 Å². The first-order valence-electron chi connectivity index (χ1n) is 9.10. The predicted molar refractivity (Wildman–Crippen MR) is 95.6 cm³/mol. The van der Waals surface area contributed by atoms with E-state index >= 15 is 0 Å². The minimum absolute atomic E-state index is 0.128. The van der Waals surface area contributed by atoms with Gasteiger partial charge in [0.05, 0.1) is 18.8 Å². The van der Waals surface area contributed by atoms with Gasteiger partial charge in [-0.2, -0.15) is 0 Å². The van der Waals surface area contributed by atoms with Gasteiger partial charge in [-0.25, -0.2) is 0 Å². The molecule has 1 aromatic heterocycles. The minimum Gasteiger partial charge on any atom is -0.487 e. The zero-order valence-corrected chi connectivity index (χ0v) is 14.7. The zero-order chi connectivity index (χ0) is 18.0. The Labute approximate surface area is 152 Å². The van der Waals surface area contributed by atoms with Crippen LogP contribution in [0.1, 0.15) is 36.6 Å². The first-order chi connectivity index (χ1) is 12.7. The van der Waals surface area contributed by atoms with E-state index < -0.39 is 6.61 Å². The van der Waals surface area contributed by atoms with Crippen molar-refractivity contribution in [3.63, 3.8) is 0 Å². The molecule has 0 aliphatic carbocycles. The van der Waals surface area contributed by atoms with Gasteiger partial charge >= 0.3 is 0 Å². The van der Waals surface area contributed by atoms with Crippen LogP contribution in [0.5, 0.6) is 5.75 Å². The van der Waals surface area contributed by atoms with E-state index in [1.807, 2.05) is 36.4 Å². The molecule has 1 spiro atoms. The van der Waals surface area contributed by atoms with Crippen molar-refractivity contribution < 1.29 is 19.1 Å². The summed E-state index contributed by atoms with van der Waals surface area (Å²) in [6.07, 6.45) is 4.22. The maximum Gasteiger partial charge on any atom is 0.246 e. The molecule has 6 nitrogen and oxygen atoms in total. The molecule has 0 bridgehead atoms. The number of rotatable bonds is 4. The summed E-state index contributed by atoms with van der Waals surface area (Å²) >= 11 is 0. The second-order valence-corrected chi connectivity index (χ2v) is 7.16. The third-order valence-corrected chi connectivity index (χ3v) is 5.40. The Bertz CT molecular complexity index is 751. The van der Waals surface area contributed by atoms with Crippen molar-refractivity contribution in [3.8, 4) is 5.75 Å². The number of carbonyl (C=O) groups is 1. The van der Waals surface area contributed by atoms with E-state index in [2.05, 4.69) is 10.2 Å². The number of hydrogen-bond acceptors (Lipinski definition) is 5. The number of para-hydroxylation sites is 1. The van der Waals surface area contributed by atoms with Gasteiger partial charge in [0.15, 0.2) is 0 Å². The van der Waals surface area contributed by atoms with Crippen LogP contribution in [0.2, 0.25) is 0 Å². The first-order valence-corrected chi connectivity index (χ1v) is 9.10. The van der Waals surface area contributed by atoms with Crippen LogP contribution in [0.15, 0.2) is 47.1 Å². The van der Waals surface area contributed by atoms with Crippen LogP contribution in [0.25, 0.3) is 0 Å². The van der Waals surface area contributed by atoms with E-state index in [-0.39, 0.29) is 17.6 Å². The van der Waals surface area contributed by atoms with Gasteiger partial charge in [0.1, 0.15) is 23.7 Å². The van der Waals surface area contributed by atoms with Crippen LogP contribution in [-0.4, -0.2) is 41.2 Å². The average molecular weight is 356 g/mol. The predicted octanol–water partition coefficient (Wildman–Crippen LogP) is 2.25. The second-order valence-electron chi connectivity index (χ2n) is 7.16. The molecule has 2 aromatic rings. The maximum absolute atomic E-state index is 11.8. The van der Waals surface area contributed by atoms with Crippen molar-refractivity contribution in [2.24, 2.45) is 0 Å². The Morgan fingerprint density at radius 2 is 2.04 bits per heavy atom. The summed E-state index contributed by atoms with van der Waals surface area (Å²) in [5.41, 5.74) is 0.708. The molecule has 138 valence electrons. The van der Waals surface area contributed by atoms with Gasteiger partial charge in [-0.3, -0.25) is 9.69 Å². The quantitative estimate of drug-likeness (QED) is 0.879. The Hall–Kier alpha value is -2.31. The highest BCUT2D eigenvalue weighted by molar-refractivity contribution is 5.77. The van der Waals surface area contributed by atoms with E-state index in [4.69, 9.17) is 14.3 Å². The molecule has 1 atom stereocenters. The minimum atomic E-state index is -0.497. The number of carbonyl (C=O) groups excluding carboxylic acids is 1. The average Bonchev–Trinajstić information content (AvgIpc) is 3.17. The normalized spacial score (nSPS) is 21.8. The number of fused-ring (bicyclic) bond motifs is 1. The van der Waals surface area contributed by atoms with Crippen molar-refractivity contribution in [1.29, 1.82) is 0 Å². The number of piperidine rings is 1. The highest BCUT2D eigenvalue weighted by atomic mass is 16.5. The molecule has 2 aliphatic heterocycles. The molecule has 1 aromatic carbocycles. The van der Waals surface area contributed by atoms with Gasteiger partial charge in [0.2, 0.25) is 5.91 Å². The van der Waals surface area contributed by atoms with E-state index in [0.717, 1.165) is 56.0 Å². The third kappa shape index (κ3) is 3.48. The SMILES string of the molecule is O=C(CO)NC1CC2(CCN(Cc3ccco3)CC2)Oc2ccccc21. The first kappa shape index (κ1) is 17.1. The van der Waals surface area contributed by atoms with Crippen molar-refractivity contribution in [3.05, 3.63) is 54.0 Å². The lowest BCUT2D eigenvalue weighted by Crippen LogP contribution is -2.52. The number of ether oxygens (including phenoxy) is 1. The molecular weight excluding hydrogens is 332 g/mol. The van der Waals surface area contributed by atoms with E-state index in [9.17, 15) is 4.79 Å². The van der Waals surface area contributed by atoms with Gasteiger partial charge in [-0.1, -0.05) is 18.2 Å². The number of likely N-dealkylation sites (tertiary alicyclic amines) is 1. The second kappa shape index (κ2) is 7.13. The van der Waals surface area contributed by atoms with Crippen LogP contribution >= 0.6 is 0 Å².